The molecule has 230 valence electrons. The monoisotopic (exact) mass is 569 g/mol. The lowest BCUT2D eigenvalue weighted by atomic mass is 9.33. The number of carbonyl (C=O) groups excluding carboxylic acids is 2. The molecule has 0 spiro atoms. The lowest BCUT2D eigenvalue weighted by Crippen LogP contribution is -2.67. The molecule has 0 heterocycles. The molecule has 0 bridgehead atoms. The van der Waals surface area contributed by atoms with Gasteiger partial charge in [-0.25, -0.2) is 4.79 Å². The molecule has 0 aromatic heterocycles. The van der Waals surface area contributed by atoms with E-state index in [-0.39, 0.29) is 68.3 Å². The Morgan fingerprint density at radius 3 is 2.17 bits per heavy atom. The number of amides is 1. The van der Waals surface area contributed by atoms with E-state index in [9.17, 15) is 19.5 Å². The summed E-state index contributed by atoms with van der Waals surface area (Å²) < 4.78 is 6.08. The molecule has 41 heavy (non-hydrogen) atoms. The minimum atomic E-state index is -0.741. The highest BCUT2D eigenvalue weighted by Gasteiger charge is 2.70. The second-order valence-electron chi connectivity index (χ2n) is 17.7. The standard InChI is InChI=1S/C35H55NO5/c1-29(2,3)36-28(40)41-25-12-13-33(8)24(30(25,4)5)11-14-35(10)26(33)23(37)19-21-22-20-32(7,27(38)39)16-15-31(22,6)17-18-34(21,35)9/h19,22,24-26H,11-18,20H2,1-10H3,(H,36,40)(H,38,39)/t22-,24-,25-,26+,31+,32-,33-,34+,35+/m0/s1. The molecule has 5 aliphatic rings. The topological polar surface area (TPSA) is 92.7 Å². The molecule has 6 heteroatoms. The van der Waals surface area contributed by atoms with Crippen LogP contribution in [0, 0.1) is 50.2 Å². The van der Waals surface area contributed by atoms with E-state index in [0.717, 1.165) is 44.9 Å². The zero-order valence-corrected chi connectivity index (χ0v) is 27.3. The molecular weight excluding hydrogens is 514 g/mol. The average Bonchev–Trinajstić information content (AvgIpc) is 2.82. The Morgan fingerprint density at radius 1 is 0.927 bits per heavy atom. The average molecular weight is 570 g/mol. The molecule has 0 aliphatic heterocycles. The van der Waals surface area contributed by atoms with E-state index in [2.05, 4.69) is 46.9 Å². The molecule has 1 amide bonds. The minimum absolute atomic E-state index is 0.0515. The number of hydrogen-bond donors (Lipinski definition) is 2. The molecule has 6 nitrogen and oxygen atoms in total. The largest absolute Gasteiger partial charge is 0.481 e. The molecule has 0 unspecified atom stereocenters. The van der Waals surface area contributed by atoms with Crippen molar-refractivity contribution in [3.8, 4) is 0 Å². The molecule has 4 fully saturated rings. The third-order valence-corrected chi connectivity index (χ3v) is 13.8. The van der Waals surface area contributed by atoms with Gasteiger partial charge in [0, 0.05) is 16.9 Å². The van der Waals surface area contributed by atoms with Gasteiger partial charge in [0.25, 0.3) is 0 Å². The summed E-state index contributed by atoms with van der Waals surface area (Å²) >= 11 is 0. The van der Waals surface area contributed by atoms with Crippen molar-refractivity contribution in [2.45, 2.75) is 139 Å². The van der Waals surface area contributed by atoms with E-state index < -0.39 is 11.4 Å². The van der Waals surface area contributed by atoms with Crippen molar-refractivity contribution < 1.29 is 24.2 Å². The Kier molecular flexibility index (Phi) is 6.78. The molecule has 5 aliphatic carbocycles. The van der Waals surface area contributed by atoms with Gasteiger partial charge < -0.3 is 15.2 Å². The maximum atomic E-state index is 14.5. The SMILES string of the molecule is CC(C)(C)NC(=O)O[C@H]1CC[C@]2(C)[C@H]3C(=O)C=C4[C@@H]5C[C@@](C)(C(=O)O)CC[C@]5(C)CC[C@@]4(C)[C@]3(C)CC[C@H]2C1(C)C. The van der Waals surface area contributed by atoms with Crippen molar-refractivity contribution in [1.29, 1.82) is 0 Å². The van der Waals surface area contributed by atoms with Crippen LogP contribution in [0.15, 0.2) is 11.6 Å². The number of carboxylic acid groups (broad SMARTS) is 1. The minimum Gasteiger partial charge on any atom is -0.481 e. The summed E-state index contributed by atoms with van der Waals surface area (Å²) in [4.78, 5) is 39.6. The Balaban J connectivity index is 1.50. The third-order valence-electron chi connectivity index (χ3n) is 13.8. The number of carbonyl (C=O) groups is 3. The molecule has 0 radical (unpaired) electrons. The van der Waals surface area contributed by atoms with Crippen molar-refractivity contribution in [1.82, 2.24) is 5.32 Å². The number of carboxylic acids is 1. The Hall–Kier alpha value is -1.85. The van der Waals surface area contributed by atoms with Crippen molar-refractivity contribution in [2.75, 3.05) is 0 Å². The van der Waals surface area contributed by atoms with Crippen molar-refractivity contribution in [2.24, 2.45) is 50.2 Å². The molecule has 0 saturated heterocycles. The van der Waals surface area contributed by atoms with Gasteiger partial charge in [-0.15, -0.1) is 0 Å². The van der Waals surface area contributed by atoms with Crippen LogP contribution in [0.4, 0.5) is 4.79 Å². The number of hydrogen-bond acceptors (Lipinski definition) is 4. The number of fused-ring (bicyclic) bond motifs is 7. The Morgan fingerprint density at radius 2 is 1.56 bits per heavy atom. The van der Waals surface area contributed by atoms with Crippen LogP contribution in [0.2, 0.25) is 0 Å². The zero-order chi connectivity index (χ0) is 30.6. The molecule has 2 N–H and O–H groups in total. The number of rotatable bonds is 2. The smallest absolute Gasteiger partial charge is 0.407 e. The number of allylic oxidation sites excluding steroid dienone is 2. The summed E-state index contributed by atoms with van der Waals surface area (Å²) in [5, 5.41) is 13.1. The first-order valence-electron chi connectivity index (χ1n) is 16.1. The van der Waals surface area contributed by atoms with E-state index in [1.165, 1.54) is 5.57 Å². The summed E-state index contributed by atoms with van der Waals surface area (Å²) in [6.45, 7) is 21.8. The van der Waals surface area contributed by atoms with Gasteiger partial charge >= 0.3 is 12.1 Å². The highest BCUT2D eigenvalue weighted by Crippen LogP contribution is 2.75. The van der Waals surface area contributed by atoms with Gasteiger partial charge in [-0.2, -0.15) is 0 Å². The number of nitrogens with one attached hydrogen (secondary N) is 1. The van der Waals surface area contributed by atoms with Gasteiger partial charge in [-0.3, -0.25) is 9.59 Å². The van der Waals surface area contributed by atoms with Crippen LogP contribution in [-0.2, 0) is 14.3 Å². The molecule has 5 rings (SSSR count). The second-order valence-corrected chi connectivity index (χ2v) is 17.7. The predicted molar refractivity (Wildman–Crippen MR) is 160 cm³/mol. The first-order chi connectivity index (χ1) is 18.6. The highest BCUT2D eigenvalue weighted by molar-refractivity contribution is 5.95. The quantitative estimate of drug-likeness (QED) is 0.352. The Bertz CT molecular complexity index is 1180. The van der Waals surface area contributed by atoms with Gasteiger partial charge in [0.2, 0.25) is 0 Å². The van der Waals surface area contributed by atoms with E-state index in [0.29, 0.717) is 12.8 Å². The van der Waals surface area contributed by atoms with E-state index in [1.807, 2.05) is 33.8 Å². The molecule has 0 aromatic rings. The molecule has 4 saturated carbocycles. The van der Waals surface area contributed by atoms with Crippen LogP contribution >= 0.6 is 0 Å². The van der Waals surface area contributed by atoms with Gasteiger partial charge in [-0.05, 0) is 125 Å². The number of alkyl carbamates (subject to hydrolysis) is 1. The summed E-state index contributed by atoms with van der Waals surface area (Å²) in [7, 11) is 0. The lowest BCUT2D eigenvalue weighted by Gasteiger charge is -2.70. The van der Waals surface area contributed by atoms with Crippen LogP contribution in [0.3, 0.4) is 0 Å². The summed E-state index contributed by atoms with van der Waals surface area (Å²) in [5.41, 5.74) is -0.573. The second kappa shape index (κ2) is 9.08. The van der Waals surface area contributed by atoms with Crippen molar-refractivity contribution in [3.63, 3.8) is 0 Å². The lowest BCUT2D eigenvalue weighted by molar-refractivity contribution is -0.202. The first-order valence-corrected chi connectivity index (χ1v) is 16.1. The van der Waals surface area contributed by atoms with Crippen molar-refractivity contribution >= 4 is 17.8 Å². The maximum absolute atomic E-state index is 14.5. The fourth-order valence-corrected chi connectivity index (χ4v) is 11.0. The van der Waals surface area contributed by atoms with Crippen molar-refractivity contribution in [3.05, 3.63) is 11.6 Å². The van der Waals surface area contributed by atoms with E-state index in [4.69, 9.17) is 4.74 Å². The van der Waals surface area contributed by atoms with E-state index in [1.54, 1.807) is 0 Å². The van der Waals surface area contributed by atoms with Crippen LogP contribution in [0.5, 0.6) is 0 Å². The number of ether oxygens (including phenoxy) is 1. The van der Waals surface area contributed by atoms with Crippen LogP contribution in [-0.4, -0.2) is 34.6 Å². The molecule has 9 atom stereocenters. The summed E-state index contributed by atoms with van der Waals surface area (Å²) in [6, 6.07) is 0. The molecular formula is C35H55NO5. The first kappa shape index (κ1) is 30.6. The zero-order valence-electron chi connectivity index (χ0n) is 27.3. The Labute approximate surface area is 247 Å². The predicted octanol–water partition coefficient (Wildman–Crippen LogP) is 7.95. The fourth-order valence-electron chi connectivity index (χ4n) is 11.0. The van der Waals surface area contributed by atoms with Gasteiger partial charge in [0.15, 0.2) is 5.78 Å². The van der Waals surface area contributed by atoms with Crippen LogP contribution < -0.4 is 5.32 Å². The van der Waals surface area contributed by atoms with Crippen LogP contribution in [0.25, 0.3) is 0 Å². The number of ketones is 1. The summed E-state index contributed by atoms with van der Waals surface area (Å²) in [6.07, 6.45) is 9.40. The maximum Gasteiger partial charge on any atom is 0.407 e. The van der Waals surface area contributed by atoms with Gasteiger partial charge in [-0.1, -0.05) is 47.1 Å². The molecule has 0 aromatic carbocycles. The normalized spacial score (nSPS) is 47.1. The van der Waals surface area contributed by atoms with Gasteiger partial charge in [0.05, 0.1) is 5.41 Å². The van der Waals surface area contributed by atoms with E-state index >= 15 is 0 Å². The summed E-state index contributed by atoms with van der Waals surface area (Å²) in [5.74, 6) is -0.158. The third kappa shape index (κ3) is 4.34. The van der Waals surface area contributed by atoms with Crippen LogP contribution in [0.1, 0.15) is 127 Å². The number of aliphatic carboxylic acids is 1. The fraction of sp³-hybridized carbons (Fsp3) is 0.857. The van der Waals surface area contributed by atoms with Gasteiger partial charge in [0.1, 0.15) is 6.10 Å². The highest BCUT2D eigenvalue weighted by atomic mass is 16.6.